The lowest BCUT2D eigenvalue weighted by Crippen LogP contribution is -2.33. The molecule has 28 heavy (non-hydrogen) atoms. The van der Waals surface area contributed by atoms with Crippen molar-refractivity contribution in [2.75, 3.05) is 13.6 Å². The van der Waals surface area contributed by atoms with Gasteiger partial charge in [-0.2, -0.15) is 5.10 Å². The molecule has 1 aromatic heterocycles. The second-order valence-electron chi connectivity index (χ2n) is 7.40. The SMILES string of the molecule is CN(Cc1cn(-c2ccccc2)nc1-c1ccccc1)C(=O)CC1CCCN1. The van der Waals surface area contributed by atoms with Crippen LogP contribution in [-0.2, 0) is 11.3 Å². The number of amides is 1. The van der Waals surface area contributed by atoms with Crippen LogP contribution in [0.2, 0.25) is 0 Å². The van der Waals surface area contributed by atoms with Gasteiger partial charge in [-0.1, -0.05) is 48.5 Å². The zero-order valence-electron chi connectivity index (χ0n) is 16.2. The van der Waals surface area contributed by atoms with E-state index in [1.54, 1.807) is 0 Å². The average molecular weight is 374 g/mol. The highest BCUT2D eigenvalue weighted by Crippen LogP contribution is 2.25. The molecule has 0 aliphatic carbocycles. The topological polar surface area (TPSA) is 50.2 Å². The fourth-order valence-electron chi connectivity index (χ4n) is 3.72. The summed E-state index contributed by atoms with van der Waals surface area (Å²) in [5.41, 5.74) is 4.04. The predicted molar refractivity (Wildman–Crippen MR) is 111 cm³/mol. The first-order valence-electron chi connectivity index (χ1n) is 9.87. The molecule has 0 spiro atoms. The number of carbonyl (C=O) groups is 1. The molecule has 1 aliphatic heterocycles. The summed E-state index contributed by atoms with van der Waals surface area (Å²) >= 11 is 0. The minimum atomic E-state index is 0.172. The van der Waals surface area contributed by atoms with Crippen LogP contribution in [0.25, 0.3) is 16.9 Å². The Labute approximate surface area is 166 Å². The van der Waals surface area contributed by atoms with Gasteiger partial charge in [-0.15, -0.1) is 0 Å². The number of hydrogen-bond donors (Lipinski definition) is 1. The van der Waals surface area contributed by atoms with E-state index in [4.69, 9.17) is 5.10 Å². The number of benzene rings is 2. The van der Waals surface area contributed by atoms with Gasteiger partial charge >= 0.3 is 0 Å². The number of nitrogens with zero attached hydrogens (tertiary/aromatic N) is 3. The molecule has 3 aromatic rings. The minimum Gasteiger partial charge on any atom is -0.341 e. The third kappa shape index (κ3) is 4.15. The molecule has 5 nitrogen and oxygen atoms in total. The highest BCUT2D eigenvalue weighted by Gasteiger charge is 2.21. The van der Waals surface area contributed by atoms with Gasteiger partial charge in [0, 0.05) is 43.4 Å². The van der Waals surface area contributed by atoms with E-state index in [0.717, 1.165) is 41.9 Å². The normalized spacial score (nSPS) is 16.2. The van der Waals surface area contributed by atoms with Gasteiger partial charge in [0.2, 0.25) is 5.91 Å². The summed E-state index contributed by atoms with van der Waals surface area (Å²) in [7, 11) is 1.88. The molecule has 144 valence electrons. The van der Waals surface area contributed by atoms with E-state index in [9.17, 15) is 4.79 Å². The third-order valence-corrected chi connectivity index (χ3v) is 5.27. The summed E-state index contributed by atoms with van der Waals surface area (Å²) in [6.45, 7) is 1.56. The summed E-state index contributed by atoms with van der Waals surface area (Å²) in [6.07, 6.45) is 4.84. The molecule has 2 heterocycles. The molecule has 1 N–H and O–H groups in total. The Morgan fingerprint density at radius 1 is 1.14 bits per heavy atom. The van der Waals surface area contributed by atoms with Crippen LogP contribution in [-0.4, -0.2) is 40.2 Å². The summed E-state index contributed by atoms with van der Waals surface area (Å²) in [5, 5.41) is 8.24. The highest BCUT2D eigenvalue weighted by atomic mass is 16.2. The Hall–Kier alpha value is -2.92. The van der Waals surface area contributed by atoms with Crippen LogP contribution in [0.5, 0.6) is 0 Å². The van der Waals surface area contributed by atoms with Crippen LogP contribution in [0.15, 0.2) is 66.9 Å². The Balaban J connectivity index is 1.59. The molecule has 1 fully saturated rings. The molecule has 1 unspecified atom stereocenters. The quantitative estimate of drug-likeness (QED) is 0.717. The fraction of sp³-hybridized carbons (Fsp3) is 0.304. The van der Waals surface area contributed by atoms with Crippen molar-refractivity contribution in [3.05, 3.63) is 72.4 Å². The molecule has 2 aromatic carbocycles. The Bertz CT molecular complexity index is 914. The Morgan fingerprint density at radius 3 is 2.54 bits per heavy atom. The average Bonchev–Trinajstić information content (AvgIpc) is 3.39. The predicted octanol–water partition coefficient (Wildman–Crippen LogP) is 3.64. The molecule has 0 radical (unpaired) electrons. The second kappa shape index (κ2) is 8.40. The Morgan fingerprint density at radius 2 is 1.86 bits per heavy atom. The maximum atomic E-state index is 12.7. The van der Waals surface area contributed by atoms with E-state index < -0.39 is 0 Å². The first-order chi connectivity index (χ1) is 13.7. The smallest absolute Gasteiger partial charge is 0.224 e. The number of rotatable bonds is 6. The molecule has 4 rings (SSSR count). The molecule has 1 saturated heterocycles. The summed E-state index contributed by atoms with van der Waals surface area (Å²) < 4.78 is 1.90. The summed E-state index contributed by atoms with van der Waals surface area (Å²) in [6, 6.07) is 20.5. The van der Waals surface area contributed by atoms with Gasteiger partial charge in [0.1, 0.15) is 0 Å². The van der Waals surface area contributed by atoms with Crippen LogP contribution in [0.4, 0.5) is 0 Å². The first-order valence-corrected chi connectivity index (χ1v) is 9.87. The molecule has 5 heteroatoms. The van der Waals surface area contributed by atoms with Crippen molar-refractivity contribution in [2.45, 2.75) is 31.8 Å². The molecule has 0 saturated carbocycles. The van der Waals surface area contributed by atoms with Crippen molar-refractivity contribution in [1.29, 1.82) is 0 Å². The summed E-state index contributed by atoms with van der Waals surface area (Å²) in [4.78, 5) is 14.5. The molecule has 1 atom stereocenters. The van der Waals surface area contributed by atoms with Crippen LogP contribution in [0.1, 0.15) is 24.8 Å². The Kier molecular flexibility index (Phi) is 5.53. The van der Waals surface area contributed by atoms with Crippen molar-refractivity contribution in [2.24, 2.45) is 0 Å². The molecule has 1 aliphatic rings. The maximum Gasteiger partial charge on any atom is 0.224 e. The van der Waals surface area contributed by atoms with E-state index in [-0.39, 0.29) is 5.91 Å². The summed E-state index contributed by atoms with van der Waals surface area (Å²) in [5.74, 6) is 0.172. The van der Waals surface area contributed by atoms with E-state index in [2.05, 4.69) is 17.4 Å². The van der Waals surface area contributed by atoms with E-state index in [0.29, 0.717) is 19.0 Å². The number of aromatic nitrogens is 2. The van der Waals surface area contributed by atoms with Crippen molar-refractivity contribution in [1.82, 2.24) is 20.0 Å². The zero-order valence-corrected chi connectivity index (χ0v) is 16.2. The van der Waals surface area contributed by atoms with E-state index >= 15 is 0 Å². The van der Waals surface area contributed by atoms with Crippen molar-refractivity contribution < 1.29 is 4.79 Å². The minimum absolute atomic E-state index is 0.172. The van der Waals surface area contributed by atoms with Gasteiger partial charge in [-0.05, 0) is 31.5 Å². The van der Waals surface area contributed by atoms with Gasteiger partial charge in [-0.3, -0.25) is 4.79 Å². The second-order valence-corrected chi connectivity index (χ2v) is 7.40. The van der Waals surface area contributed by atoms with Gasteiger partial charge in [0.25, 0.3) is 0 Å². The zero-order chi connectivity index (χ0) is 19.3. The fourth-order valence-corrected chi connectivity index (χ4v) is 3.72. The van der Waals surface area contributed by atoms with Crippen LogP contribution >= 0.6 is 0 Å². The molecular formula is C23H26N4O. The van der Waals surface area contributed by atoms with Crippen LogP contribution in [0.3, 0.4) is 0 Å². The number of nitrogens with one attached hydrogen (secondary N) is 1. The number of carbonyl (C=O) groups excluding carboxylic acids is 1. The van der Waals surface area contributed by atoms with Crippen molar-refractivity contribution in [3.8, 4) is 16.9 Å². The van der Waals surface area contributed by atoms with Crippen molar-refractivity contribution in [3.63, 3.8) is 0 Å². The lowest BCUT2D eigenvalue weighted by molar-refractivity contribution is -0.130. The maximum absolute atomic E-state index is 12.7. The van der Waals surface area contributed by atoms with Crippen molar-refractivity contribution >= 4 is 5.91 Å². The monoisotopic (exact) mass is 374 g/mol. The van der Waals surface area contributed by atoms with Gasteiger partial charge in [0.05, 0.1) is 11.4 Å². The lowest BCUT2D eigenvalue weighted by Gasteiger charge is -2.19. The molecular weight excluding hydrogens is 348 g/mol. The number of hydrogen-bond acceptors (Lipinski definition) is 3. The number of para-hydroxylation sites is 1. The third-order valence-electron chi connectivity index (χ3n) is 5.27. The van der Waals surface area contributed by atoms with Crippen LogP contribution in [0, 0.1) is 0 Å². The lowest BCUT2D eigenvalue weighted by atomic mass is 10.1. The van der Waals surface area contributed by atoms with Crippen LogP contribution < -0.4 is 5.32 Å². The molecule has 0 bridgehead atoms. The van der Waals surface area contributed by atoms with Gasteiger partial charge in [0.15, 0.2) is 0 Å². The van der Waals surface area contributed by atoms with Gasteiger partial charge < -0.3 is 10.2 Å². The van der Waals surface area contributed by atoms with E-state index in [1.165, 1.54) is 0 Å². The van der Waals surface area contributed by atoms with E-state index in [1.807, 2.05) is 71.4 Å². The largest absolute Gasteiger partial charge is 0.341 e. The molecule has 1 amide bonds. The highest BCUT2D eigenvalue weighted by molar-refractivity contribution is 5.77. The standard InChI is InChI=1S/C23H26N4O/c1-26(22(28)15-20-11-8-14-24-20)16-19-17-27(21-12-6-3-7-13-21)25-23(19)18-9-4-2-5-10-18/h2-7,9-10,12-13,17,20,24H,8,11,14-16H2,1H3. The first kappa shape index (κ1) is 18.4. The van der Waals surface area contributed by atoms with Gasteiger partial charge in [-0.25, -0.2) is 4.68 Å².